The molecule has 2 aromatic rings. The van der Waals surface area contributed by atoms with Gasteiger partial charge in [-0.2, -0.15) is 19.0 Å². The Kier molecular flexibility index (Phi) is 2.07. The maximum Gasteiger partial charge on any atom is 0.416 e. The van der Waals surface area contributed by atoms with E-state index in [1.807, 2.05) is 0 Å². The summed E-state index contributed by atoms with van der Waals surface area (Å²) < 4.78 is 37.4. The van der Waals surface area contributed by atoms with Crippen molar-refractivity contribution in [2.24, 2.45) is 5.84 Å². The third-order valence-corrected chi connectivity index (χ3v) is 2.07. The quantitative estimate of drug-likeness (QED) is 0.447. The predicted molar refractivity (Wildman–Crippen MR) is 48.6 cm³/mol. The highest BCUT2D eigenvalue weighted by Crippen LogP contribution is 2.34. The monoisotopic (exact) mass is 231 g/mol. The molecule has 1 heterocycles. The van der Waals surface area contributed by atoms with Crippen molar-refractivity contribution >= 4 is 16.7 Å². The van der Waals surface area contributed by atoms with Crippen molar-refractivity contribution in [2.75, 3.05) is 0 Å². The average molecular weight is 231 g/mol. The van der Waals surface area contributed by atoms with Crippen molar-refractivity contribution in [1.29, 1.82) is 0 Å². The molecule has 84 valence electrons. The summed E-state index contributed by atoms with van der Waals surface area (Å²) in [7, 11) is 0. The number of imidazole rings is 1. The number of hydrazine groups is 1. The highest BCUT2D eigenvalue weighted by Gasteiger charge is 2.34. The highest BCUT2D eigenvalue weighted by atomic mass is 19.4. The number of hydrogen-bond acceptors (Lipinski definition) is 2. The molecule has 0 aliphatic heterocycles. The van der Waals surface area contributed by atoms with Crippen molar-refractivity contribution in [3.8, 4) is 0 Å². The Morgan fingerprint density at radius 1 is 1.38 bits per heavy atom. The number of aromatic nitrogens is 2. The van der Waals surface area contributed by atoms with Gasteiger partial charge in [0.05, 0.1) is 22.3 Å². The molecule has 0 bridgehead atoms. The molecular formula is C8H6F3N4O+. The number of nitrogens with two attached hydrogens (primary N) is 1. The van der Waals surface area contributed by atoms with E-state index in [1.165, 1.54) is 6.33 Å². The van der Waals surface area contributed by atoms with Gasteiger partial charge in [0.2, 0.25) is 0 Å². The number of aromatic amines is 1. The summed E-state index contributed by atoms with van der Waals surface area (Å²) in [5.74, 6) is 4.91. The Balaban J connectivity index is 2.76. The number of H-pyrrole nitrogens is 1. The van der Waals surface area contributed by atoms with E-state index < -0.39 is 11.7 Å². The number of alkyl halides is 3. The molecule has 0 spiro atoms. The van der Waals surface area contributed by atoms with Crippen LogP contribution >= 0.6 is 0 Å². The zero-order valence-corrected chi connectivity index (χ0v) is 7.75. The third kappa shape index (κ3) is 1.58. The minimum atomic E-state index is -4.54. The minimum Gasteiger partial charge on any atom is -0.344 e. The van der Waals surface area contributed by atoms with Gasteiger partial charge in [0.1, 0.15) is 0 Å². The molecule has 0 atom stereocenters. The molecule has 0 saturated heterocycles. The van der Waals surface area contributed by atoms with E-state index in [2.05, 4.69) is 9.97 Å². The van der Waals surface area contributed by atoms with E-state index in [0.29, 0.717) is 6.07 Å². The second kappa shape index (κ2) is 3.19. The van der Waals surface area contributed by atoms with Crippen LogP contribution in [0.4, 0.5) is 18.9 Å². The fourth-order valence-electron chi connectivity index (χ4n) is 1.36. The maximum atomic E-state index is 12.5. The first kappa shape index (κ1) is 10.4. The van der Waals surface area contributed by atoms with Gasteiger partial charge in [-0.15, -0.1) is 0 Å². The van der Waals surface area contributed by atoms with Crippen LogP contribution in [0.5, 0.6) is 0 Å². The van der Waals surface area contributed by atoms with Gasteiger partial charge in [-0.25, -0.2) is 4.98 Å². The highest BCUT2D eigenvalue weighted by molar-refractivity contribution is 5.85. The summed E-state index contributed by atoms with van der Waals surface area (Å²) >= 11 is 0. The second-order valence-electron chi connectivity index (χ2n) is 3.12. The van der Waals surface area contributed by atoms with E-state index in [9.17, 15) is 18.1 Å². The van der Waals surface area contributed by atoms with E-state index in [4.69, 9.17) is 5.84 Å². The third-order valence-electron chi connectivity index (χ3n) is 2.07. The largest absolute Gasteiger partial charge is 0.416 e. The van der Waals surface area contributed by atoms with Gasteiger partial charge in [-0.05, 0) is 6.07 Å². The van der Waals surface area contributed by atoms with Gasteiger partial charge in [0.15, 0.2) is 10.4 Å². The molecule has 3 N–H and O–H groups in total. The van der Waals surface area contributed by atoms with Crippen molar-refractivity contribution in [3.63, 3.8) is 0 Å². The molecule has 5 nitrogen and oxygen atoms in total. The number of halogens is 3. The van der Waals surface area contributed by atoms with Crippen LogP contribution in [0, 0.1) is 4.91 Å². The molecule has 0 saturated carbocycles. The summed E-state index contributed by atoms with van der Waals surface area (Å²) in [6.45, 7) is 0. The Bertz CT molecular complexity index is 560. The van der Waals surface area contributed by atoms with Crippen LogP contribution in [0.15, 0.2) is 18.5 Å². The zero-order chi connectivity index (χ0) is 11.9. The number of nitrogens with one attached hydrogen (secondary N) is 1. The standard InChI is InChI=1S/C8H6F3N4O/c9-8(10,11)4-1-5-7(14-3-13-5)6(2-4)15(12)16/h1-3H,(H2,12,16)(H,13,14)/q+1. The van der Waals surface area contributed by atoms with Gasteiger partial charge < -0.3 is 4.98 Å². The Morgan fingerprint density at radius 3 is 2.62 bits per heavy atom. The van der Waals surface area contributed by atoms with E-state index >= 15 is 0 Å². The van der Waals surface area contributed by atoms with Crippen molar-refractivity contribution in [2.45, 2.75) is 6.18 Å². The molecule has 0 aliphatic carbocycles. The first-order valence-corrected chi connectivity index (χ1v) is 4.16. The minimum absolute atomic E-state index is 0.102. The van der Waals surface area contributed by atoms with Gasteiger partial charge in [0, 0.05) is 6.07 Å². The summed E-state index contributed by atoms with van der Waals surface area (Å²) in [4.78, 5) is 17.0. The van der Waals surface area contributed by atoms with Gasteiger partial charge in [-0.1, -0.05) is 0 Å². The first-order valence-electron chi connectivity index (χ1n) is 4.16. The lowest BCUT2D eigenvalue weighted by atomic mass is 10.1. The molecule has 0 unspecified atom stereocenters. The Morgan fingerprint density at radius 2 is 2.06 bits per heavy atom. The second-order valence-corrected chi connectivity index (χ2v) is 3.12. The molecule has 0 aliphatic rings. The van der Waals surface area contributed by atoms with Crippen LogP contribution in [0.25, 0.3) is 11.0 Å². The van der Waals surface area contributed by atoms with Crippen LogP contribution in [0.2, 0.25) is 0 Å². The maximum absolute atomic E-state index is 12.5. The SMILES string of the molecule is N[N+](=O)c1cc(C(F)(F)F)cc2[nH]cnc12. The molecular weight excluding hydrogens is 225 g/mol. The van der Waals surface area contributed by atoms with Crippen LogP contribution in [0.1, 0.15) is 5.56 Å². The molecule has 1 aromatic heterocycles. The Hall–Kier alpha value is -2.12. The fourth-order valence-corrected chi connectivity index (χ4v) is 1.36. The summed E-state index contributed by atoms with van der Waals surface area (Å²) in [5.41, 5.74) is -1.07. The fraction of sp³-hybridized carbons (Fsp3) is 0.125. The predicted octanol–water partition coefficient (Wildman–Crippen LogP) is 1.87. The summed E-state index contributed by atoms with van der Waals surface area (Å²) in [5, 5.41) is 0. The van der Waals surface area contributed by atoms with Crippen molar-refractivity contribution in [3.05, 3.63) is 28.9 Å². The number of fused-ring (bicyclic) bond motifs is 1. The van der Waals surface area contributed by atoms with Gasteiger partial charge in [0.25, 0.3) is 0 Å². The normalized spacial score (nSPS) is 11.9. The molecule has 16 heavy (non-hydrogen) atoms. The van der Waals surface area contributed by atoms with Crippen LogP contribution < -0.4 is 5.84 Å². The molecule has 0 fully saturated rings. The molecule has 2 rings (SSSR count). The zero-order valence-electron chi connectivity index (χ0n) is 7.75. The van der Waals surface area contributed by atoms with E-state index in [1.54, 1.807) is 0 Å². The lowest BCUT2D eigenvalue weighted by Crippen LogP contribution is -2.12. The topological polar surface area (TPSA) is 74.8 Å². The van der Waals surface area contributed by atoms with Crippen LogP contribution in [-0.4, -0.2) is 14.8 Å². The van der Waals surface area contributed by atoms with Crippen LogP contribution in [-0.2, 0) is 6.18 Å². The average Bonchev–Trinajstić information content (AvgIpc) is 2.61. The summed E-state index contributed by atoms with van der Waals surface area (Å²) in [6.07, 6.45) is -3.35. The lowest BCUT2D eigenvalue weighted by Gasteiger charge is -2.05. The molecule has 8 heteroatoms. The smallest absolute Gasteiger partial charge is 0.344 e. The number of benzene rings is 1. The van der Waals surface area contributed by atoms with Crippen molar-refractivity contribution < 1.29 is 18.0 Å². The van der Waals surface area contributed by atoms with Crippen LogP contribution in [0.3, 0.4) is 0 Å². The number of nitroso groups, excluding NO2 is 1. The van der Waals surface area contributed by atoms with Gasteiger partial charge >= 0.3 is 11.9 Å². The summed E-state index contributed by atoms with van der Waals surface area (Å²) in [6, 6.07) is 1.53. The van der Waals surface area contributed by atoms with Crippen molar-refractivity contribution in [1.82, 2.24) is 9.97 Å². The molecule has 0 amide bonds. The molecule has 0 radical (unpaired) electrons. The van der Waals surface area contributed by atoms with E-state index in [0.717, 1.165) is 6.07 Å². The first-order chi connectivity index (χ1) is 7.39. The lowest BCUT2D eigenvalue weighted by molar-refractivity contribution is -0.473. The van der Waals surface area contributed by atoms with Gasteiger partial charge in [-0.3, -0.25) is 0 Å². The Labute approximate surface area is 86.6 Å². The number of rotatable bonds is 1. The number of hydrogen-bond donors (Lipinski definition) is 2. The number of nitrogens with zero attached hydrogens (tertiary/aromatic N) is 2. The van der Waals surface area contributed by atoms with E-state index in [-0.39, 0.29) is 21.6 Å². The molecule has 1 aromatic carbocycles.